The molecule has 36 heavy (non-hydrogen) atoms. The number of rotatable bonds is 2. The number of hydrogen-bond acceptors (Lipinski definition) is 6. The first-order valence-corrected chi connectivity index (χ1v) is 12.1. The third-order valence-electron chi connectivity index (χ3n) is 7.44. The van der Waals surface area contributed by atoms with Gasteiger partial charge >= 0.3 is 0 Å². The van der Waals surface area contributed by atoms with E-state index in [4.69, 9.17) is 26.9 Å². The van der Waals surface area contributed by atoms with Gasteiger partial charge in [-0.1, -0.05) is 30.3 Å². The molecule has 178 valence electrons. The van der Waals surface area contributed by atoms with Crippen LogP contribution in [-0.2, 0) is 17.0 Å². The minimum Gasteiger partial charge on any atom is -0.489 e. The van der Waals surface area contributed by atoms with Crippen molar-refractivity contribution in [2.24, 2.45) is 10.7 Å². The summed E-state index contributed by atoms with van der Waals surface area (Å²) in [5.41, 5.74) is 11.2. The van der Waals surface area contributed by atoms with E-state index in [0.717, 1.165) is 36.0 Å². The van der Waals surface area contributed by atoms with Crippen LogP contribution in [-0.4, -0.2) is 24.2 Å². The van der Waals surface area contributed by atoms with Crippen molar-refractivity contribution >= 4 is 11.6 Å². The van der Waals surface area contributed by atoms with Gasteiger partial charge in [0, 0.05) is 24.9 Å². The van der Waals surface area contributed by atoms with Crippen molar-refractivity contribution < 1.29 is 9.57 Å². The van der Waals surface area contributed by atoms with Crippen LogP contribution in [0.3, 0.4) is 0 Å². The van der Waals surface area contributed by atoms with Crippen LogP contribution in [0, 0.1) is 17.9 Å². The average Bonchev–Trinajstić information content (AvgIpc) is 3.20. The summed E-state index contributed by atoms with van der Waals surface area (Å²) in [5.74, 6) is 1.27. The summed E-state index contributed by atoms with van der Waals surface area (Å²) in [7, 11) is 1.76. The molecule has 0 fully saturated rings. The van der Waals surface area contributed by atoms with Crippen LogP contribution < -0.4 is 10.5 Å². The van der Waals surface area contributed by atoms with Gasteiger partial charge in [0.2, 0.25) is 11.7 Å². The quantitative estimate of drug-likeness (QED) is 0.502. The molecule has 2 N–H and O–H groups in total. The molecule has 1 spiro atoms. The predicted octanol–water partition coefficient (Wildman–Crippen LogP) is 5.39. The van der Waals surface area contributed by atoms with Crippen molar-refractivity contribution in [3.63, 3.8) is 0 Å². The average molecular weight is 476 g/mol. The lowest BCUT2D eigenvalue weighted by Gasteiger charge is -2.41. The van der Waals surface area contributed by atoms with E-state index in [-0.39, 0.29) is 12.0 Å². The Morgan fingerprint density at radius 3 is 2.81 bits per heavy atom. The molecule has 2 heterocycles. The molecule has 0 bridgehead atoms. The van der Waals surface area contributed by atoms with Crippen LogP contribution in [0.1, 0.15) is 47.4 Å². The zero-order valence-corrected chi connectivity index (χ0v) is 19.9. The van der Waals surface area contributed by atoms with Crippen molar-refractivity contribution in [2.75, 3.05) is 7.05 Å². The Morgan fingerprint density at radius 2 is 2.03 bits per heavy atom. The fraction of sp³-hybridized carbons (Fsp3) is 0.276. The number of guanidine groups is 1. The molecule has 3 aliphatic rings. The van der Waals surface area contributed by atoms with E-state index >= 15 is 0 Å². The number of aryl methyl sites for hydroxylation is 1. The molecule has 3 unspecified atom stereocenters. The Hall–Kier alpha value is -4.33. The Kier molecular flexibility index (Phi) is 5.17. The molecule has 1 aliphatic carbocycles. The Labute approximate surface area is 210 Å². The van der Waals surface area contributed by atoms with Crippen LogP contribution in [0.2, 0.25) is 0 Å². The fourth-order valence-electron chi connectivity index (χ4n) is 5.76. The highest BCUT2D eigenvalue weighted by molar-refractivity contribution is 5.79. The molecule has 0 aromatic heterocycles. The Morgan fingerprint density at radius 1 is 1.17 bits per heavy atom. The van der Waals surface area contributed by atoms with Gasteiger partial charge in [0.15, 0.2) is 5.69 Å². The second kappa shape index (κ2) is 8.41. The van der Waals surface area contributed by atoms with Gasteiger partial charge in [0.25, 0.3) is 0 Å². The normalized spacial score (nSPS) is 24.2. The first-order valence-electron chi connectivity index (χ1n) is 12.1. The van der Waals surface area contributed by atoms with Gasteiger partial charge in [-0.05, 0) is 71.8 Å². The summed E-state index contributed by atoms with van der Waals surface area (Å²) >= 11 is 0. The van der Waals surface area contributed by atoms with Crippen molar-refractivity contribution in [1.82, 2.24) is 5.06 Å². The Balaban J connectivity index is 1.46. The summed E-state index contributed by atoms with van der Waals surface area (Å²) < 4.78 is 6.66. The highest BCUT2D eigenvalue weighted by atomic mass is 16.7. The first-order chi connectivity index (χ1) is 17.5. The molecule has 3 aromatic rings. The second-order valence-electron chi connectivity index (χ2n) is 9.60. The van der Waals surface area contributed by atoms with E-state index in [1.165, 1.54) is 16.2 Å². The molecule has 7 nitrogen and oxygen atoms in total. The van der Waals surface area contributed by atoms with E-state index in [0.29, 0.717) is 29.4 Å². The molecule has 0 radical (unpaired) electrons. The van der Waals surface area contributed by atoms with E-state index in [2.05, 4.69) is 35.2 Å². The van der Waals surface area contributed by atoms with E-state index in [1.54, 1.807) is 25.2 Å². The molecule has 0 saturated heterocycles. The standard InChI is InChI=1S/C29H25N5O2/c1-32-22-13-18(17-30)12-21(14-22)20-10-11-26-25(15-20)29(33-28(31)34(2)36-29)16-27(35-26)24-9-5-7-19-6-3-4-8-23(19)24/h3-4,6,8,10-15,24,27H,5,7,9,16H2,2H3,(H2,31,33). The maximum Gasteiger partial charge on any atom is 0.221 e. The third-order valence-corrected chi connectivity index (χ3v) is 7.44. The largest absolute Gasteiger partial charge is 0.489 e. The number of nitrogens with zero attached hydrogens (tertiary/aromatic N) is 4. The molecular weight excluding hydrogens is 450 g/mol. The minimum atomic E-state index is -1.01. The predicted molar refractivity (Wildman–Crippen MR) is 136 cm³/mol. The molecule has 0 saturated carbocycles. The van der Waals surface area contributed by atoms with Gasteiger partial charge in [-0.2, -0.15) is 5.26 Å². The number of nitriles is 1. The minimum absolute atomic E-state index is 0.122. The molecule has 7 heteroatoms. The van der Waals surface area contributed by atoms with Gasteiger partial charge in [0.1, 0.15) is 11.9 Å². The summed E-state index contributed by atoms with van der Waals surface area (Å²) in [6, 6.07) is 21.8. The number of nitrogens with two attached hydrogens (primary N) is 1. The summed E-state index contributed by atoms with van der Waals surface area (Å²) in [6.45, 7) is 7.41. The molecule has 3 atom stereocenters. The topological polar surface area (TPSA) is 88.2 Å². The number of hydroxylamine groups is 2. The Bertz CT molecular complexity index is 1450. The lowest BCUT2D eigenvalue weighted by atomic mass is 9.76. The van der Waals surface area contributed by atoms with Crippen LogP contribution >= 0.6 is 0 Å². The summed E-state index contributed by atoms with van der Waals surface area (Å²) in [4.78, 5) is 14.7. The van der Waals surface area contributed by atoms with Gasteiger partial charge in [-0.25, -0.2) is 19.7 Å². The maximum absolute atomic E-state index is 9.44. The zero-order valence-electron chi connectivity index (χ0n) is 19.9. The third kappa shape index (κ3) is 3.57. The molecule has 0 amide bonds. The maximum atomic E-state index is 9.44. The van der Waals surface area contributed by atoms with Gasteiger partial charge in [-0.3, -0.25) is 0 Å². The second-order valence-corrected chi connectivity index (χ2v) is 9.60. The van der Waals surface area contributed by atoms with Crippen LogP contribution in [0.15, 0.2) is 65.7 Å². The first kappa shape index (κ1) is 22.2. The lowest BCUT2D eigenvalue weighted by molar-refractivity contribution is -0.192. The van der Waals surface area contributed by atoms with Crippen molar-refractivity contribution in [2.45, 2.75) is 43.4 Å². The van der Waals surface area contributed by atoms with Crippen molar-refractivity contribution in [3.05, 3.63) is 94.3 Å². The van der Waals surface area contributed by atoms with E-state index in [1.807, 2.05) is 18.2 Å². The van der Waals surface area contributed by atoms with E-state index < -0.39 is 5.72 Å². The summed E-state index contributed by atoms with van der Waals surface area (Å²) in [6.07, 6.45) is 3.65. The zero-order chi connectivity index (χ0) is 24.9. The highest BCUT2D eigenvalue weighted by Crippen LogP contribution is 2.51. The molecule has 3 aromatic carbocycles. The van der Waals surface area contributed by atoms with Crippen LogP contribution in [0.4, 0.5) is 5.69 Å². The van der Waals surface area contributed by atoms with Gasteiger partial charge in [-0.15, -0.1) is 0 Å². The summed E-state index contributed by atoms with van der Waals surface area (Å²) in [5, 5.41) is 11.0. The fourth-order valence-corrected chi connectivity index (χ4v) is 5.76. The van der Waals surface area contributed by atoms with Crippen molar-refractivity contribution in [1.29, 1.82) is 5.26 Å². The SMILES string of the molecule is [C-]#[N+]c1cc(C#N)cc(-c2ccc3c(c2)C2(CC(C4CCCc5ccccc54)O3)N=C(N)N(C)O2)c1. The number of aliphatic imine (C=N–C) groups is 1. The van der Waals surface area contributed by atoms with Crippen LogP contribution in [0.5, 0.6) is 5.75 Å². The monoisotopic (exact) mass is 475 g/mol. The number of fused-ring (bicyclic) bond motifs is 3. The van der Waals surface area contributed by atoms with Gasteiger partial charge < -0.3 is 10.5 Å². The molecule has 6 rings (SSSR count). The van der Waals surface area contributed by atoms with Crippen molar-refractivity contribution in [3.8, 4) is 22.9 Å². The molecule has 2 aliphatic heterocycles. The number of ether oxygens (including phenoxy) is 1. The van der Waals surface area contributed by atoms with E-state index in [9.17, 15) is 5.26 Å². The highest BCUT2D eigenvalue weighted by Gasteiger charge is 2.50. The van der Waals surface area contributed by atoms with Gasteiger partial charge in [0.05, 0.1) is 18.2 Å². The lowest BCUT2D eigenvalue weighted by Crippen LogP contribution is -2.42. The number of hydrogen-bond donors (Lipinski definition) is 1. The number of benzene rings is 3. The van der Waals surface area contributed by atoms with Crippen LogP contribution in [0.25, 0.3) is 16.0 Å². The molecular formula is C29H25N5O2. The smallest absolute Gasteiger partial charge is 0.221 e.